The molecule has 0 spiro atoms. The van der Waals surface area contributed by atoms with E-state index < -0.39 is 0 Å². The molecule has 7 rings (SSSR count). The molecule has 0 saturated carbocycles. The molecule has 3 aromatic carbocycles. The fourth-order valence-electron chi connectivity index (χ4n) is 7.32. The van der Waals surface area contributed by atoms with Gasteiger partial charge in [-0.1, -0.05) is 43.7 Å². The maximum atomic E-state index is 6.62. The molecule has 44 heavy (non-hydrogen) atoms. The molecular weight excluding hydrogens is 540 g/mol. The highest BCUT2D eigenvalue weighted by Gasteiger charge is 2.30. The first-order valence-corrected chi connectivity index (χ1v) is 15.8. The van der Waals surface area contributed by atoms with E-state index in [4.69, 9.17) is 14.8 Å². The van der Waals surface area contributed by atoms with E-state index in [1.807, 2.05) is 12.3 Å². The lowest BCUT2D eigenvalue weighted by atomic mass is 9.75. The SMILES string of the molecule is CCc1c([C@@H]2C(C)=CCC[C@@H]2C)c(C)nn1-c1cc(C)cc(Oc2ccc3c4ccccc4n(-c4cc(C)ccn4)c3c2)c1. The summed E-state index contributed by atoms with van der Waals surface area (Å²) in [4.78, 5) is 4.73. The number of aryl methyl sites for hydroxylation is 3. The summed E-state index contributed by atoms with van der Waals surface area (Å²) in [6, 6.07) is 25.5. The molecule has 5 heteroatoms. The van der Waals surface area contributed by atoms with Gasteiger partial charge in [0.1, 0.15) is 17.3 Å². The van der Waals surface area contributed by atoms with Gasteiger partial charge < -0.3 is 4.74 Å². The normalized spacial score (nSPS) is 16.9. The lowest BCUT2D eigenvalue weighted by Gasteiger charge is -2.29. The molecule has 1 aliphatic carbocycles. The minimum atomic E-state index is 0.425. The predicted molar refractivity (Wildman–Crippen MR) is 181 cm³/mol. The van der Waals surface area contributed by atoms with Crippen molar-refractivity contribution in [3.63, 3.8) is 0 Å². The Balaban J connectivity index is 1.30. The van der Waals surface area contributed by atoms with E-state index in [9.17, 15) is 0 Å². The van der Waals surface area contributed by atoms with E-state index in [1.54, 1.807) is 0 Å². The summed E-state index contributed by atoms with van der Waals surface area (Å²) < 4.78 is 11.0. The Morgan fingerprint density at radius 2 is 1.66 bits per heavy atom. The molecule has 0 radical (unpaired) electrons. The summed E-state index contributed by atoms with van der Waals surface area (Å²) in [5, 5.41) is 7.50. The highest BCUT2D eigenvalue weighted by molar-refractivity contribution is 6.09. The minimum absolute atomic E-state index is 0.425. The van der Waals surface area contributed by atoms with Gasteiger partial charge in [0.25, 0.3) is 0 Å². The Kier molecular flexibility index (Phi) is 7.12. The van der Waals surface area contributed by atoms with Crippen LogP contribution in [0.1, 0.15) is 67.6 Å². The summed E-state index contributed by atoms with van der Waals surface area (Å²) in [5.74, 6) is 3.53. The Morgan fingerprint density at radius 1 is 0.841 bits per heavy atom. The second-order valence-corrected chi connectivity index (χ2v) is 12.5. The van der Waals surface area contributed by atoms with Gasteiger partial charge in [-0.3, -0.25) is 4.57 Å². The van der Waals surface area contributed by atoms with Crippen molar-refractivity contribution in [3.05, 3.63) is 119 Å². The lowest BCUT2D eigenvalue weighted by molar-refractivity contribution is 0.446. The van der Waals surface area contributed by atoms with Gasteiger partial charge in [-0.25, -0.2) is 9.67 Å². The number of benzene rings is 3. The van der Waals surface area contributed by atoms with E-state index in [2.05, 4.69) is 124 Å². The average molecular weight is 581 g/mol. The maximum Gasteiger partial charge on any atom is 0.137 e. The van der Waals surface area contributed by atoms with Crippen molar-refractivity contribution >= 4 is 21.8 Å². The number of ether oxygens (including phenoxy) is 1. The molecule has 0 bridgehead atoms. The van der Waals surface area contributed by atoms with Crippen LogP contribution in [0, 0.1) is 26.7 Å². The first-order valence-electron chi connectivity index (χ1n) is 15.8. The minimum Gasteiger partial charge on any atom is -0.457 e. The van der Waals surface area contributed by atoms with Crippen molar-refractivity contribution < 1.29 is 4.74 Å². The number of aromatic nitrogens is 4. The molecule has 5 nitrogen and oxygen atoms in total. The fourth-order valence-corrected chi connectivity index (χ4v) is 7.32. The molecule has 0 unspecified atom stereocenters. The summed E-state index contributed by atoms with van der Waals surface area (Å²) in [5.41, 5.74) is 10.8. The number of fused-ring (bicyclic) bond motifs is 3. The van der Waals surface area contributed by atoms with Crippen molar-refractivity contribution in [1.29, 1.82) is 0 Å². The van der Waals surface area contributed by atoms with Crippen LogP contribution in [0.5, 0.6) is 11.5 Å². The highest BCUT2D eigenvalue weighted by atomic mass is 16.5. The van der Waals surface area contributed by atoms with Crippen LogP contribution < -0.4 is 4.74 Å². The van der Waals surface area contributed by atoms with E-state index >= 15 is 0 Å². The number of hydrogen-bond donors (Lipinski definition) is 0. The van der Waals surface area contributed by atoms with Crippen molar-refractivity contribution in [2.75, 3.05) is 0 Å². The smallest absolute Gasteiger partial charge is 0.137 e. The molecule has 3 aromatic heterocycles. The zero-order chi connectivity index (χ0) is 30.5. The molecule has 0 saturated heterocycles. The van der Waals surface area contributed by atoms with Gasteiger partial charge in [0.2, 0.25) is 0 Å². The number of para-hydroxylation sites is 1. The molecule has 1 aliphatic rings. The van der Waals surface area contributed by atoms with Crippen molar-refractivity contribution in [1.82, 2.24) is 19.3 Å². The molecule has 0 N–H and O–H groups in total. The van der Waals surface area contributed by atoms with E-state index in [0.717, 1.165) is 51.7 Å². The van der Waals surface area contributed by atoms with Crippen molar-refractivity contribution in [2.45, 2.75) is 66.7 Å². The molecule has 0 amide bonds. The van der Waals surface area contributed by atoms with Gasteiger partial charge in [0.05, 0.1) is 22.4 Å². The topological polar surface area (TPSA) is 44.9 Å². The third-order valence-electron chi connectivity index (χ3n) is 9.29. The summed E-state index contributed by atoms with van der Waals surface area (Å²) >= 11 is 0. The molecular formula is C39H40N4O. The second-order valence-electron chi connectivity index (χ2n) is 12.5. The zero-order valence-corrected chi connectivity index (χ0v) is 26.6. The van der Waals surface area contributed by atoms with Crippen LogP contribution in [0.3, 0.4) is 0 Å². The molecule has 6 aromatic rings. The molecule has 222 valence electrons. The van der Waals surface area contributed by atoms with Gasteiger partial charge >= 0.3 is 0 Å². The van der Waals surface area contributed by atoms with Crippen LogP contribution in [0.4, 0.5) is 0 Å². The Bertz CT molecular complexity index is 2060. The number of hydrogen-bond acceptors (Lipinski definition) is 3. The third-order valence-corrected chi connectivity index (χ3v) is 9.29. The summed E-state index contributed by atoms with van der Waals surface area (Å²) in [6.45, 7) is 13.3. The third kappa shape index (κ3) is 4.81. The van der Waals surface area contributed by atoms with Crippen molar-refractivity contribution in [2.24, 2.45) is 5.92 Å². The molecule has 2 atom stereocenters. The van der Waals surface area contributed by atoms with Gasteiger partial charge in [-0.15, -0.1) is 0 Å². The Morgan fingerprint density at radius 3 is 2.45 bits per heavy atom. The molecule has 3 heterocycles. The fraction of sp³-hybridized carbons (Fsp3) is 0.282. The number of nitrogens with zero attached hydrogens (tertiary/aromatic N) is 4. The monoisotopic (exact) mass is 580 g/mol. The Labute approximate surface area is 259 Å². The molecule has 0 aliphatic heterocycles. The van der Waals surface area contributed by atoms with Crippen LogP contribution in [0.25, 0.3) is 33.3 Å². The summed E-state index contributed by atoms with van der Waals surface area (Å²) in [6.07, 6.45) is 7.61. The zero-order valence-electron chi connectivity index (χ0n) is 26.6. The number of allylic oxidation sites excluding steroid dienone is 2. The van der Waals surface area contributed by atoms with Gasteiger partial charge in [0, 0.05) is 46.3 Å². The lowest BCUT2D eigenvalue weighted by Crippen LogP contribution is -2.17. The quantitative estimate of drug-likeness (QED) is 0.184. The molecule has 0 fully saturated rings. The largest absolute Gasteiger partial charge is 0.457 e. The van der Waals surface area contributed by atoms with Crippen LogP contribution in [0.2, 0.25) is 0 Å². The van der Waals surface area contributed by atoms with E-state index in [-0.39, 0.29) is 0 Å². The Hall–Kier alpha value is -4.64. The van der Waals surface area contributed by atoms with E-state index in [1.165, 1.54) is 46.0 Å². The van der Waals surface area contributed by atoms with Gasteiger partial charge in [-0.05, 0) is 106 Å². The number of rotatable bonds is 6. The first kappa shape index (κ1) is 28.1. The van der Waals surface area contributed by atoms with Crippen LogP contribution >= 0.6 is 0 Å². The van der Waals surface area contributed by atoms with Crippen LogP contribution in [0.15, 0.2) is 90.6 Å². The average Bonchev–Trinajstić information content (AvgIpc) is 3.51. The van der Waals surface area contributed by atoms with E-state index in [0.29, 0.717) is 11.8 Å². The van der Waals surface area contributed by atoms with Crippen LogP contribution in [-0.2, 0) is 6.42 Å². The highest BCUT2D eigenvalue weighted by Crippen LogP contribution is 2.42. The summed E-state index contributed by atoms with van der Waals surface area (Å²) in [7, 11) is 0. The van der Waals surface area contributed by atoms with Crippen LogP contribution in [-0.4, -0.2) is 19.3 Å². The predicted octanol–water partition coefficient (Wildman–Crippen LogP) is 10.1. The van der Waals surface area contributed by atoms with Crippen molar-refractivity contribution in [3.8, 4) is 23.0 Å². The van der Waals surface area contributed by atoms with Gasteiger partial charge in [-0.2, -0.15) is 5.10 Å². The first-order chi connectivity index (χ1) is 21.3. The second kappa shape index (κ2) is 11.1. The van der Waals surface area contributed by atoms with Gasteiger partial charge in [0.15, 0.2) is 0 Å². The maximum absolute atomic E-state index is 6.62. The number of pyridine rings is 1. The standard InChI is InChI=1S/C39H40N4O/c1-7-34-39(38-26(4)11-10-12-27(38)5)28(6)41-43(34)29-19-25(3)20-31(22-29)44-30-15-16-33-32-13-8-9-14-35(32)42(36(33)23-30)37-21-24(2)17-18-40-37/h8-9,11,13-23,27,38H,7,10,12H2,1-6H3/t27-,38+/m0/s1.